The molecule has 0 N–H and O–H groups in total. The maximum Gasteiger partial charge on any atom is 0.416 e. The van der Waals surface area contributed by atoms with Crippen molar-refractivity contribution in [2.75, 3.05) is 4.90 Å². The fourth-order valence-corrected chi connectivity index (χ4v) is 4.09. The number of hydrogen-bond acceptors (Lipinski definition) is 4. The van der Waals surface area contributed by atoms with E-state index in [2.05, 4.69) is 0 Å². The predicted molar refractivity (Wildman–Crippen MR) is 107 cm³/mol. The molecule has 0 unspecified atom stereocenters. The van der Waals surface area contributed by atoms with Crippen LogP contribution < -0.4 is 4.90 Å². The summed E-state index contributed by atoms with van der Waals surface area (Å²) in [7, 11) is 0. The summed E-state index contributed by atoms with van der Waals surface area (Å²) in [5.41, 5.74) is 0.0123. The van der Waals surface area contributed by atoms with Crippen LogP contribution in [0.3, 0.4) is 0 Å². The van der Waals surface area contributed by atoms with Crippen molar-refractivity contribution < 1.29 is 27.2 Å². The summed E-state index contributed by atoms with van der Waals surface area (Å²) in [6, 6.07) is 16.1. The van der Waals surface area contributed by atoms with Gasteiger partial charge in [-0.15, -0.1) is 11.8 Å². The van der Waals surface area contributed by atoms with Gasteiger partial charge in [-0.2, -0.15) is 13.2 Å². The van der Waals surface area contributed by atoms with Crippen molar-refractivity contribution >= 4 is 34.8 Å². The number of rotatable bonds is 5. The van der Waals surface area contributed by atoms with E-state index in [4.69, 9.17) is 4.42 Å². The molecule has 2 amide bonds. The van der Waals surface area contributed by atoms with Crippen LogP contribution in [0.2, 0.25) is 0 Å². The zero-order chi connectivity index (χ0) is 21.3. The molecule has 0 saturated carbocycles. The molecule has 0 aliphatic carbocycles. The van der Waals surface area contributed by atoms with Gasteiger partial charge in [-0.1, -0.05) is 30.3 Å². The van der Waals surface area contributed by atoms with Crippen molar-refractivity contribution in [2.24, 2.45) is 0 Å². The number of nitrogens with zero attached hydrogens (tertiary/aromatic N) is 1. The highest BCUT2D eigenvalue weighted by Gasteiger charge is 2.40. The highest BCUT2D eigenvalue weighted by atomic mass is 32.2. The zero-order valence-electron chi connectivity index (χ0n) is 15.3. The van der Waals surface area contributed by atoms with Crippen LogP contribution in [0.5, 0.6) is 0 Å². The van der Waals surface area contributed by atoms with Gasteiger partial charge in [0.1, 0.15) is 5.76 Å². The van der Waals surface area contributed by atoms with Crippen LogP contribution in [0.4, 0.5) is 18.9 Å². The molecule has 4 rings (SSSR count). The van der Waals surface area contributed by atoms with Crippen molar-refractivity contribution in [3.8, 4) is 0 Å². The number of carbonyl (C=O) groups is 2. The van der Waals surface area contributed by atoms with Gasteiger partial charge in [0.25, 0.3) is 11.8 Å². The predicted octanol–water partition coefficient (Wildman–Crippen LogP) is 5.52. The molecule has 0 radical (unpaired) electrons. The minimum absolute atomic E-state index is 0.0834. The number of anilines is 1. The summed E-state index contributed by atoms with van der Waals surface area (Å²) < 4.78 is 43.9. The van der Waals surface area contributed by atoms with Crippen LogP contribution in [0.15, 0.2) is 82.3 Å². The molecule has 4 nitrogen and oxygen atoms in total. The molecule has 1 aromatic heterocycles. The largest absolute Gasteiger partial charge is 0.468 e. The number of imide groups is 1. The molecule has 2 heterocycles. The van der Waals surface area contributed by atoms with Gasteiger partial charge in [-0.05, 0) is 42.0 Å². The lowest BCUT2D eigenvalue weighted by atomic mass is 10.1. The number of benzene rings is 2. The van der Waals surface area contributed by atoms with E-state index in [0.29, 0.717) is 17.1 Å². The van der Waals surface area contributed by atoms with Crippen LogP contribution in [-0.2, 0) is 21.5 Å². The topological polar surface area (TPSA) is 50.5 Å². The Balaban J connectivity index is 1.70. The first-order valence-electron chi connectivity index (χ1n) is 8.87. The number of amides is 2. The van der Waals surface area contributed by atoms with E-state index in [0.717, 1.165) is 40.9 Å². The van der Waals surface area contributed by atoms with Crippen LogP contribution in [0, 0.1) is 0 Å². The van der Waals surface area contributed by atoms with Gasteiger partial charge in [-0.25, -0.2) is 4.90 Å². The number of alkyl halides is 3. The van der Waals surface area contributed by atoms with Crippen molar-refractivity contribution in [3.63, 3.8) is 0 Å². The molecule has 0 saturated heterocycles. The third-order valence-corrected chi connectivity index (χ3v) is 5.59. The van der Waals surface area contributed by atoms with E-state index in [1.54, 1.807) is 42.5 Å². The van der Waals surface area contributed by atoms with Crippen LogP contribution >= 0.6 is 11.8 Å². The second-order valence-electron chi connectivity index (χ2n) is 6.43. The molecule has 0 spiro atoms. The normalized spacial score (nSPS) is 14.7. The van der Waals surface area contributed by atoms with Gasteiger partial charge in [0.15, 0.2) is 0 Å². The summed E-state index contributed by atoms with van der Waals surface area (Å²) in [5, 5.41) is 0. The Morgan fingerprint density at radius 3 is 2.17 bits per heavy atom. The molecule has 2 aromatic carbocycles. The first-order chi connectivity index (χ1) is 14.4. The highest BCUT2D eigenvalue weighted by molar-refractivity contribution is 8.03. The molecule has 0 fully saturated rings. The third kappa shape index (κ3) is 3.78. The summed E-state index contributed by atoms with van der Waals surface area (Å²) >= 11 is 1.16. The van der Waals surface area contributed by atoms with Crippen molar-refractivity contribution in [3.05, 3.63) is 94.8 Å². The van der Waals surface area contributed by atoms with Crippen molar-refractivity contribution in [1.29, 1.82) is 0 Å². The average Bonchev–Trinajstić information content (AvgIpc) is 3.32. The summed E-state index contributed by atoms with van der Waals surface area (Å²) in [4.78, 5) is 27.4. The Morgan fingerprint density at radius 2 is 1.57 bits per heavy atom. The first-order valence-corrected chi connectivity index (χ1v) is 9.86. The fraction of sp³-hybridized carbons (Fsp3) is 0.0909. The van der Waals surface area contributed by atoms with E-state index in [9.17, 15) is 22.8 Å². The van der Waals surface area contributed by atoms with E-state index < -0.39 is 23.6 Å². The molecule has 1 aliphatic rings. The lowest BCUT2D eigenvalue weighted by Crippen LogP contribution is -2.31. The maximum atomic E-state index is 13.2. The van der Waals surface area contributed by atoms with Crippen LogP contribution in [0.1, 0.15) is 16.9 Å². The molecule has 3 aromatic rings. The second-order valence-corrected chi connectivity index (χ2v) is 7.41. The Labute approximate surface area is 174 Å². The maximum absolute atomic E-state index is 13.2. The summed E-state index contributed by atoms with van der Waals surface area (Å²) in [6.45, 7) is 0. The molecule has 0 bridgehead atoms. The SMILES string of the molecule is O=C1C(SCc2ccco2)=C(c2ccccc2)C(=O)N1c1ccc(C(F)(F)F)cc1. The van der Waals surface area contributed by atoms with E-state index in [-0.39, 0.29) is 16.2 Å². The zero-order valence-corrected chi connectivity index (χ0v) is 16.2. The number of halogens is 3. The smallest absolute Gasteiger partial charge is 0.416 e. The van der Waals surface area contributed by atoms with Crippen LogP contribution in [-0.4, -0.2) is 11.8 Å². The van der Waals surface area contributed by atoms with Gasteiger partial charge in [0.2, 0.25) is 0 Å². The number of hydrogen-bond donors (Lipinski definition) is 0. The minimum Gasteiger partial charge on any atom is -0.468 e. The Morgan fingerprint density at radius 1 is 0.867 bits per heavy atom. The summed E-state index contributed by atoms with van der Waals surface area (Å²) in [5.74, 6) is -0.186. The Kier molecular flexibility index (Phi) is 5.26. The van der Waals surface area contributed by atoms with Crippen molar-refractivity contribution in [2.45, 2.75) is 11.9 Å². The first kappa shape index (κ1) is 20.0. The second kappa shape index (κ2) is 7.87. The highest BCUT2D eigenvalue weighted by Crippen LogP contribution is 2.40. The molecule has 8 heteroatoms. The molecule has 1 aliphatic heterocycles. The van der Waals surface area contributed by atoms with E-state index >= 15 is 0 Å². The minimum atomic E-state index is -4.50. The van der Waals surface area contributed by atoms with Gasteiger partial charge in [0, 0.05) is 0 Å². The average molecular weight is 429 g/mol. The summed E-state index contributed by atoms with van der Waals surface area (Å²) in [6.07, 6.45) is -2.99. The molecule has 30 heavy (non-hydrogen) atoms. The molecule has 0 atom stereocenters. The lowest BCUT2D eigenvalue weighted by molar-refractivity contribution is -0.137. The fourth-order valence-electron chi connectivity index (χ4n) is 3.07. The van der Waals surface area contributed by atoms with Gasteiger partial charge in [0.05, 0.1) is 33.7 Å². The molecule has 152 valence electrons. The Hall–Kier alpha value is -3.26. The van der Waals surface area contributed by atoms with E-state index in [1.165, 1.54) is 6.26 Å². The van der Waals surface area contributed by atoms with Crippen LogP contribution in [0.25, 0.3) is 5.57 Å². The number of furan rings is 1. The van der Waals surface area contributed by atoms with Gasteiger partial charge >= 0.3 is 6.18 Å². The van der Waals surface area contributed by atoms with Gasteiger partial charge in [-0.3, -0.25) is 9.59 Å². The third-order valence-electron chi connectivity index (χ3n) is 4.50. The molecular formula is C22H14F3NO3S. The molecular weight excluding hydrogens is 415 g/mol. The van der Waals surface area contributed by atoms with Gasteiger partial charge < -0.3 is 4.42 Å². The lowest BCUT2D eigenvalue weighted by Gasteiger charge is -2.16. The number of thioether (sulfide) groups is 1. The quantitative estimate of drug-likeness (QED) is 0.502. The van der Waals surface area contributed by atoms with Crippen molar-refractivity contribution in [1.82, 2.24) is 0 Å². The monoisotopic (exact) mass is 429 g/mol. The number of carbonyl (C=O) groups excluding carboxylic acids is 2. The Bertz CT molecular complexity index is 1100. The standard InChI is InChI=1S/C22H14F3NO3S/c23-22(24,25)15-8-10-16(11-9-15)26-20(27)18(14-5-2-1-3-6-14)19(21(26)28)30-13-17-7-4-12-29-17/h1-12H,13H2. The van der Waals surface area contributed by atoms with E-state index in [1.807, 2.05) is 0 Å².